The minimum Gasteiger partial charge on any atom is -0.462 e. The first kappa shape index (κ1) is 64.4. The molecule has 1 aliphatic rings. The van der Waals surface area contributed by atoms with E-state index in [0.29, 0.717) is 19.3 Å². The number of aliphatic hydroxyl groups excluding tert-OH is 5. The highest BCUT2D eigenvalue weighted by molar-refractivity contribution is 7.47. The van der Waals surface area contributed by atoms with Crippen LogP contribution in [-0.2, 0) is 41.8 Å². The third kappa shape index (κ3) is 34.4. The monoisotopic (exact) mass is 1020 g/mol. The molecule has 1 saturated carbocycles. The summed E-state index contributed by atoms with van der Waals surface area (Å²) >= 11 is 0. The van der Waals surface area contributed by atoms with Crippen molar-refractivity contribution in [3.05, 3.63) is 72.9 Å². The van der Waals surface area contributed by atoms with Crippen LogP contribution >= 0.6 is 15.6 Å². The van der Waals surface area contributed by atoms with Crippen LogP contribution in [0.2, 0.25) is 0 Å². The predicted molar refractivity (Wildman–Crippen MR) is 265 cm³/mol. The van der Waals surface area contributed by atoms with Crippen molar-refractivity contribution < 1.29 is 82.0 Å². The molecule has 0 aromatic heterocycles. The molecule has 0 amide bonds. The Labute approximate surface area is 411 Å². The fourth-order valence-electron chi connectivity index (χ4n) is 7.19. The summed E-state index contributed by atoms with van der Waals surface area (Å²) in [6, 6.07) is 0. The Morgan fingerprint density at radius 3 is 1.62 bits per heavy atom. The lowest BCUT2D eigenvalue weighted by Crippen LogP contribution is -2.64. The highest BCUT2D eigenvalue weighted by Gasteiger charge is 2.54. The second-order valence-electron chi connectivity index (χ2n) is 17.3. The van der Waals surface area contributed by atoms with Gasteiger partial charge < -0.3 is 49.7 Å². The number of allylic oxidation sites excluding steroid dienone is 10. The van der Waals surface area contributed by atoms with Gasteiger partial charge in [-0.05, 0) is 77.0 Å². The van der Waals surface area contributed by atoms with Crippen molar-refractivity contribution in [2.75, 3.05) is 13.2 Å². The van der Waals surface area contributed by atoms with Crippen LogP contribution in [0.3, 0.4) is 0 Å². The highest BCUT2D eigenvalue weighted by atomic mass is 31.2. The number of unbranched alkanes of at least 4 members (excludes halogenated alkanes) is 15. The molecule has 0 saturated heterocycles. The molecule has 69 heavy (non-hydrogen) atoms. The second-order valence-corrected chi connectivity index (χ2v) is 19.9. The third-order valence-electron chi connectivity index (χ3n) is 11.1. The van der Waals surface area contributed by atoms with Crippen molar-refractivity contribution in [3.63, 3.8) is 0 Å². The maximum absolute atomic E-state index is 13.0. The summed E-state index contributed by atoms with van der Waals surface area (Å²) in [6.45, 7) is 2.85. The Morgan fingerprint density at radius 1 is 0.551 bits per heavy atom. The Morgan fingerprint density at radius 2 is 1.06 bits per heavy atom. The molecule has 0 spiro atoms. The fraction of sp³-hybridized carbons (Fsp3) is 0.720. The molecule has 17 nitrogen and oxygen atoms in total. The van der Waals surface area contributed by atoms with E-state index in [2.05, 4.69) is 47.9 Å². The van der Waals surface area contributed by atoms with Crippen LogP contribution in [0.1, 0.15) is 168 Å². The van der Waals surface area contributed by atoms with E-state index in [9.17, 15) is 58.9 Å². The summed E-state index contributed by atoms with van der Waals surface area (Å²) in [6.07, 6.45) is 30.3. The molecule has 0 aliphatic heterocycles. The topological polar surface area (TPSA) is 276 Å². The van der Waals surface area contributed by atoms with Crippen LogP contribution in [0.5, 0.6) is 0 Å². The van der Waals surface area contributed by atoms with E-state index in [1.54, 1.807) is 6.08 Å². The summed E-state index contributed by atoms with van der Waals surface area (Å²) in [5.41, 5.74) is 0. The van der Waals surface area contributed by atoms with E-state index in [1.807, 2.05) is 37.3 Å². The molecule has 0 radical (unpaired) electrons. The van der Waals surface area contributed by atoms with Gasteiger partial charge in [-0.1, -0.05) is 151 Å². The smallest absolute Gasteiger partial charge is 0.462 e. The standard InChI is InChI=1S/C50H86O17P2/c1-3-5-7-8-9-10-11-12-13-14-15-16-17-18-19-20-23-26-29-33-37-43(52)63-39-42(65-44(53)38-34-30-27-24-21-22-25-28-32-36-41(51)35-31-6-4-2)40-64-69(61,62)67-50-47(56)45(54)46(55)49(48(50)57)66-68(58,59)60/h6,10-11,13-14,16-17,25,28,31-32,36,41-42,45-51,54-57H,3-5,7-9,12,15,18-24,26-27,29-30,33-35,37-40H2,1-2H3,(H,61,62)(H2,58,59,60)/b11-10-,14-13-,17-16-,28-25+,31-6+,36-32+/t41?,42-,45?,46?,47?,48?,49-,50+/m1/s1. The zero-order valence-corrected chi connectivity index (χ0v) is 42.9. The summed E-state index contributed by atoms with van der Waals surface area (Å²) in [5, 5.41) is 51.2. The van der Waals surface area contributed by atoms with Crippen molar-refractivity contribution in [2.24, 2.45) is 0 Å². The molecule has 1 fully saturated rings. The van der Waals surface area contributed by atoms with Gasteiger partial charge in [0.2, 0.25) is 0 Å². The van der Waals surface area contributed by atoms with Crippen LogP contribution < -0.4 is 0 Å². The number of carbonyl (C=O) groups is 2. The summed E-state index contributed by atoms with van der Waals surface area (Å²) in [5.74, 6) is -1.28. The van der Waals surface area contributed by atoms with Crippen LogP contribution in [0.15, 0.2) is 72.9 Å². The summed E-state index contributed by atoms with van der Waals surface area (Å²) in [4.78, 5) is 54.4. The number of carbonyl (C=O) groups excluding carboxylic acids is 2. The number of esters is 2. The van der Waals surface area contributed by atoms with Gasteiger partial charge in [0.25, 0.3) is 0 Å². The number of rotatable bonds is 41. The predicted octanol–water partition coefficient (Wildman–Crippen LogP) is 8.98. The first-order valence-electron chi connectivity index (χ1n) is 25.1. The van der Waals surface area contributed by atoms with Crippen molar-refractivity contribution in [1.82, 2.24) is 0 Å². The SMILES string of the molecule is CC/C=C/CC(O)/C=C/C=C/CCCCCCCC(=O)O[C@H](COC(=O)CCCCCCCC/C=C\C/C=C\C/C=C\CCCCCC)COP(=O)(O)O[C@H]1C(O)C(O)C(O)[C@@H](OP(=O)(O)O)C1O. The van der Waals surface area contributed by atoms with E-state index in [0.717, 1.165) is 96.3 Å². The molecule has 0 aromatic carbocycles. The Kier molecular flexibility index (Phi) is 37.3. The molecule has 19 heteroatoms. The molecular weight excluding hydrogens is 934 g/mol. The van der Waals surface area contributed by atoms with Crippen molar-refractivity contribution >= 4 is 27.6 Å². The molecule has 0 heterocycles. The first-order valence-corrected chi connectivity index (χ1v) is 28.1. The Bertz CT molecular complexity index is 1630. The number of ether oxygens (including phenoxy) is 2. The van der Waals surface area contributed by atoms with Gasteiger partial charge in [0.1, 0.15) is 43.2 Å². The average molecular weight is 1020 g/mol. The van der Waals surface area contributed by atoms with Crippen LogP contribution in [0.4, 0.5) is 0 Å². The lowest BCUT2D eigenvalue weighted by atomic mass is 9.85. The average Bonchev–Trinajstić information content (AvgIpc) is 3.30. The van der Waals surface area contributed by atoms with Crippen LogP contribution in [0, 0.1) is 0 Å². The van der Waals surface area contributed by atoms with Gasteiger partial charge in [-0.25, -0.2) is 9.13 Å². The molecule has 9 atom stereocenters. The number of hydrogen-bond donors (Lipinski definition) is 8. The Hall–Kier alpha value is -2.60. The molecular formula is C50H86O17P2. The van der Waals surface area contributed by atoms with E-state index in [1.165, 1.54) is 25.7 Å². The molecule has 8 N–H and O–H groups in total. The minimum atomic E-state index is -5.38. The largest absolute Gasteiger partial charge is 0.472 e. The summed E-state index contributed by atoms with van der Waals surface area (Å²) in [7, 11) is -10.7. The molecule has 6 unspecified atom stereocenters. The van der Waals surface area contributed by atoms with Crippen LogP contribution in [0.25, 0.3) is 0 Å². The maximum Gasteiger partial charge on any atom is 0.472 e. The number of phosphoric acid groups is 2. The van der Waals surface area contributed by atoms with Gasteiger partial charge in [0.05, 0.1) is 12.7 Å². The van der Waals surface area contributed by atoms with Gasteiger partial charge in [-0.15, -0.1) is 0 Å². The highest BCUT2D eigenvalue weighted by Crippen LogP contribution is 2.49. The zero-order chi connectivity index (χ0) is 51.2. The minimum absolute atomic E-state index is 0.00906. The molecule has 1 aliphatic carbocycles. The van der Waals surface area contributed by atoms with Crippen LogP contribution in [-0.4, -0.2) is 114 Å². The molecule has 0 aromatic rings. The van der Waals surface area contributed by atoms with E-state index in [4.69, 9.17) is 18.5 Å². The van der Waals surface area contributed by atoms with Crippen molar-refractivity contribution in [2.45, 2.75) is 217 Å². The first-order chi connectivity index (χ1) is 33.0. The van der Waals surface area contributed by atoms with E-state index < -0.39 is 89.6 Å². The number of hydrogen-bond acceptors (Lipinski definition) is 14. The van der Waals surface area contributed by atoms with Gasteiger partial charge in [-0.3, -0.25) is 23.2 Å². The van der Waals surface area contributed by atoms with Gasteiger partial charge in [0, 0.05) is 12.8 Å². The molecule has 398 valence electrons. The molecule has 1 rings (SSSR count). The number of phosphoric ester groups is 2. The normalized spacial score (nSPS) is 22.2. The fourth-order valence-corrected chi connectivity index (χ4v) is 8.72. The van der Waals surface area contributed by atoms with Gasteiger partial charge in [0.15, 0.2) is 6.10 Å². The number of aliphatic hydroxyl groups is 5. The second kappa shape index (κ2) is 39.9. The van der Waals surface area contributed by atoms with Gasteiger partial charge >= 0.3 is 27.6 Å². The lowest BCUT2D eigenvalue weighted by Gasteiger charge is -2.43. The van der Waals surface area contributed by atoms with Crippen molar-refractivity contribution in [3.8, 4) is 0 Å². The zero-order valence-electron chi connectivity index (χ0n) is 41.1. The quantitative estimate of drug-likeness (QED) is 0.00932. The summed E-state index contributed by atoms with van der Waals surface area (Å²) < 4.78 is 49.4. The Balaban J connectivity index is 2.59. The van der Waals surface area contributed by atoms with E-state index >= 15 is 0 Å². The van der Waals surface area contributed by atoms with E-state index in [-0.39, 0.29) is 12.8 Å². The maximum atomic E-state index is 13.0. The van der Waals surface area contributed by atoms with Gasteiger partial charge in [-0.2, -0.15) is 0 Å². The molecule has 0 bridgehead atoms. The third-order valence-corrected chi connectivity index (χ3v) is 12.6. The lowest BCUT2D eigenvalue weighted by molar-refractivity contribution is -0.216. The van der Waals surface area contributed by atoms with Crippen molar-refractivity contribution in [1.29, 1.82) is 0 Å².